The van der Waals surface area contributed by atoms with Crippen molar-refractivity contribution < 1.29 is 9.04 Å². The van der Waals surface area contributed by atoms with Gasteiger partial charge in [0.25, 0.3) is 0 Å². The van der Waals surface area contributed by atoms with E-state index in [4.69, 9.17) is 4.65 Å². The monoisotopic (exact) mass is 512 g/mol. The van der Waals surface area contributed by atoms with Gasteiger partial charge in [0, 0.05) is 23.8 Å². The summed E-state index contributed by atoms with van der Waals surface area (Å²) < 4.78 is 20.4. The summed E-state index contributed by atoms with van der Waals surface area (Å²) in [5.41, 5.74) is 8.60. The molecular weight excluding hydrogens is 470 g/mol. The van der Waals surface area contributed by atoms with Gasteiger partial charge >= 0.3 is 7.19 Å². The maximum Gasteiger partial charge on any atom is 0.557 e. The van der Waals surface area contributed by atoms with Crippen LogP contribution in [-0.2, 0) is 11.3 Å². The van der Waals surface area contributed by atoms with Crippen LogP contribution in [0.25, 0.3) is 0 Å². The summed E-state index contributed by atoms with van der Waals surface area (Å²) >= 11 is 0. The van der Waals surface area contributed by atoms with Crippen LogP contribution in [0.15, 0.2) is 73.1 Å². The predicted octanol–water partition coefficient (Wildman–Crippen LogP) is 9.32. The molecule has 0 fully saturated rings. The number of halogens is 1. The van der Waals surface area contributed by atoms with Crippen LogP contribution in [0.5, 0.6) is 0 Å². The topological polar surface area (TPSA) is 15.7 Å². The van der Waals surface area contributed by atoms with E-state index in [1.165, 1.54) is 45.8 Å². The van der Waals surface area contributed by atoms with Crippen LogP contribution in [0, 0.1) is 5.82 Å². The average molecular weight is 513 g/mol. The molecule has 0 spiro atoms. The number of nitrogens with zero attached hydrogens (tertiary/aromatic N) is 2. The third kappa shape index (κ3) is 5.68. The van der Waals surface area contributed by atoms with Gasteiger partial charge in [-0.05, 0) is 63.6 Å². The predicted molar refractivity (Wildman–Crippen MR) is 160 cm³/mol. The third-order valence-electron chi connectivity index (χ3n) is 7.38. The van der Waals surface area contributed by atoms with E-state index in [1.807, 2.05) is 0 Å². The first-order chi connectivity index (χ1) is 18.1. The van der Waals surface area contributed by atoms with Crippen LogP contribution in [0.3, 0.4) is 0 Å². The molecule has 0 bridgehead atoms. The first-order valence-corrected chi connectivity index (χ1v) is 14.0. The fraction of sp³-hybridized carbons (Fsp3) is 0.394. The SMILES string of the molecule is CC(C)c1cccc(C(C)C)c1N1C=CN(c2c(C(C)C)cccc2C(C)C)B1OCc1ccc(F)cc1. The highest BCUT2D eigenvalue weighted by Gasteiger charge is 2.41. The summed E-state index contributed by atoms with van der Waals surface area (Å²) in [5, 5.41) is 0. The van der Waals surface area contributed by atoms with E-state index in [0.29, 0.717) is 30.3 Å². The Balaban J connectivity index is 1.86. The molecule has 0 N–H and O–H groups in total. The molecule has 0 radical (unpaired) electrons. The van der Waals surface area contributed by atoms with Crippen LogP contribution in [-0.4, -0.2) is 7.19 Å². The van der Waals surface area contributed by atoms with Crippen molar-refractivity contribution in [1.29, 1.82) is 0 Å². The Morgan fingerprint density at radius 1 is 0.605 bits per heavy atom. The van der Waals surface area contributed by atoms with Crippen molar-refractivity contribution in [2.45, 2.75) is 85.7 Å². The lowest BCUT2D eigenvalue weighted by atomic mass is 9.84. The highest BCUT2D eigenvalue weighted by Crippen LogP contribution is 2.42. The fourth-order valence-electron chi connectivity index (χ4n) is 5.33. The fourth-order valence-corrected chi connectivity index (χ4v) is 5.33. The molecule has 1 aliphatic rings. The highest BCUT2D eigenvalue weighted by molar-refractivity contribution is 6.63. The van der Waals surface area contributed by atoms with E-state index >= 15 is 0 Å². The minimum atomic E-state index is -0.380. The second-order valence-corrected chi connectivity index (χ2v) is 11.6. The van der Waals surface area contributed by atoms with Gasteiger partial charge in [-0.25, -0.2) is 4.39 Å². The minimum absolute atomic E-state index is 0.237. The molecule has 0 atom stereocenters. The third-order valence-corrected chi connectivity index (χ3v) is 7.38. The average Bonchev–Trinajstić information content (AvgIpc) is 3.30. The van der Waals surface area contributed by atoms with Crippen LogP contribution in [0.4, 0.5) is 15.8 Å². The maximum absolute atomic E-state index is 13.6. The van der Waals surface area contributed by atoms with Crippen LogP contribution in [0.1, 0.15) is 107 Å². The van der Waals surface area contributed by atoms with Gasteiger partial charge in [-0.2, -0.15) is 0 Å². The molecule has 3 nitrogen and oxygen atoms in total. The number of hydrogen-bond acceptors (Lipinski definition) is 3. The summed E-state index contributed by atoms with van der Waals surface area (Å²) in [7, 11) is -0.380. The quantitative estimate of drug-likeness (QED) is 0.266. The number of para-hydroxylation sites is 2. The Bertz CT molecular complexity index is 1140. The molecule has 1 aliphatic heterocycles. The minimum Gasteiger partial charge on any atom is -0.393 e. The van der Waals surface area contributed by atoms with Crippen LogP contribution in [0.2, 0.25) is 0 Å². The molecule has 3 aromatic rings. The largest absolute Gasteiger partial charge is 0.557 e. The molecule has 0 aromatic heterocycles. The molecule has 4 rings (SSSR count). The van der Waals surface area contributed by atoms with E-state index < -0.39 is 0 Å². The molecule has 1 heterocycles. The van der Waals surface area contributed by atoms with Gasteiger partial charge in [0.2, 0.25) is 0 Å². The smallest absolute Gasteiger partial charge is 0.393 e. The normalized spacial score (nSPS) is 13.8. The zero-order valence-electron chi connectivity index (χ0n) is 24.2. The van der Waals surface area contributed by atoms with Crippen molar-refractivity contribution in [1.82, 2.24) is 0 Å². The molecule has 0 saturated heterocycles. The Labute approximate surface area is 229 Å². The van der Waals surface area contributed by atoms with Gasteiger partial charge in [0.05, 0.1) is 6.61 Å². The lowest BCUT2D eigenvalue weighted by Gasteiger charge is -2.34. The summed E-state index contributed by atoms with van der Waals surface area (Å²) in [6, 6.07) is 19.9. The van der Waals surface area contributed by atoms with Crippen LogP contribution >= 0.6 is 0 Å². The molecule has 0 unspecified atom stereocenters. The van der Waals surface area contributed by atoms with Gasteiger partial charge in [-0.3, -0.25) is 0 Å². The first-order valence-electron chi connectivity index (χ1n) is 14.0. The standard InChI is InChI=1S/C33H42BFN2O/c1-22(2)28-11-9-12-29(23(3)4)32(28)36-19-20-37(34(36)38-21-26-15-17-27(35)18-16-26)33-30(24(5)6)13-10-14-31(33)25(7)8/h9-20,22-25H,21H2,1-8H3. The van der Waals surface area contributed by atoms with Crippen molar-refractivity contribution in [2.75, 3.05) is 9.62 Å². The number of hydrogen-bond donors (Lipinski definition) is 0. The Kier molecular flexibility index (Phi) is 8.67. The van der Waals surface area contributed by atoms with Gasteiger partial charge in [0.1, 0.15) is 5.82 Å². The van der Waals surface area contributed by atoms with Crippen LogP contribution < -0.4 is 9.62 Å². The number of benzene rings is 3. The van der Waals surface area contributed by atoms with Crippen molar-refractivity contribution in [2.24, 2.45) is 0 Å². The van der Waals surface area contributed by atoms with Gasteiger partial charge < -0.3 is 14.3 Å². The lowest BCUT2D eigenvalue weighted by Crippen LogP contribution is -2.48. The van der Waals surface area contributed by atoms with E-state index in [2.05, 4.69) is 114 Å². The second kappa shape index (κ2) is 11.8. The lowest BCUT2D eigenvalue weighted by molar-refractivity contribution is 0.308. The molecule has 0 aliphatic carbocycles. The molecule has 0 saturated carbocycles. The number of rotatable bonds is 9. The van der Waals surface area contributed by atoms with Crippen molar-refractivity contribution in [3.63, 3.8) is 0 Å². The number of anilines is 2. The molecule has 0 amide bonds. The molecule has 200 valence electrons. The summed E-state index contributed by atoms with van der Waals surface area (Å²) in [4.78, 5) is 4.60. The Morgan fingerprint density at radius 3 is 1.32 bits per heavy atom. The van der Waals surface area contributed by atoms with Gasteiger partial charge in [-0.1, -0.05) is 104 Å². The molecular formula is C33H42BFN2O. The molecule has 3 aromatic carbocycles. The summed E-state index contributed by atoms with van der Waals surface area (Å²) in [6.07, 6.45) is 4.34. The maximum atomic E-state index is 13.6. The van der Waals surface area contributed by atoms with Crippen molar-refractivity contribution >= 4 is 18.6 Å². The van der Waals surface area contributed by atoms with E-state index in [1.54, 1.807) is 12.1 Å². The molecule has 5 heteroatoms. The van der Waals surface area contributed by atoms with E-state index in [-0.39, 0.29) is 13.0 Å². The van der Waals surface area contributed by atoms with Gasteiger partial charge in [-0.15, -0.1) is 0 Å². The van der Waals surface area contributed by atoms with Crippen molar-refractivity contribution in [3.05, 3.63) is 107 Å². The van der Waals surface area contributed by atoms with E-state index in [9.17, 15) is 4.39 Å². The Hall–Kier alpha value is -3.05. The van der Waals surface area contributed by atoms with E-state index in [0.717, 1.165) is 5.56 Å². The zero-order valence-corrected chi connectivity index (χ0v) is 24.2. The summed E-state index contributed by atoms with van der Waals surface area (Å²) in [5.74, 6) is 1.20. The first kappa shape index (κ1) is 28.0. The second-order valence-electron chi connectivity index (χ2n) is 11.6. The zero-order chi connectivity index (χ0) is 27.6. The molecule has 38 heavy (non-hydrogen) atoms. The van der Waals surface area contributed by atoms with Gasteiger partial charge in [0.15, 0.2) is 0 Å². The van der Waals surface area contributed by atoms with Crippen molar-refractivity contribution in [3.8, 4) is 0 Å². The Morgan fingerprint density at radius 2 is 0.974 bits per heavy atom. The summed E-state index contributed by atoms with van der Waals surface area (Å²) in [6.45, 7) is 18.4. The highest BCUT2D eigenvalue weighted by atomic mass is 19.1.